The molecule has 0 unspecified atom stereocenters. The summed E-state index contributed by atoms with van der Waals surface area (Å²) in [5.41, 5.74) is 0. The Morgan fingerprint density at radius 1 is 1.31 bits per heavy atom. The highest BCUT2D eigenvalue weighted by Gasteiger charge is 2.43. The first-order chi connectivity index (χ1) is 12.5. The summed E-state index contributed by atoms with van der Waals surface area (Å²) >= 11 is 1.43. The lowest BCUT2D eigenvalue weighted by Crippen LogP contribution is -2.42. The van der Waals surface area contributed by atoms with Crippen molar-refractivity contribution in [1.29, 1.82) is 0 Å². The van der Waals surface area contributed by atoms with Crippen molar-refractivity contribution in [3.05, 3.63) is 47.8 Å². The first kappa shape index (κ1) is 18.1. The predicted octanol–water partition coefficient (Wildman–Crippen LogP) is 2.37. The smallest absolute Gasteiger partial charge is 0.373 e. The summed E-state index contributed by atoms with van der Waals surface area (Å²) in [6.45, 7) is 1.26. The van der Waals surface area contributed by atoms with E-state index in [2.05, 4.69) is 4.74 Å². The zero-order valence-electron chi connectivity index (χ0n) is 14.2. The summed E-state index contributed by atoms with van der Waals surface area (Å²) in [6.07, 6.45) is 1.52. The van der Waals surface area contributed by atoms with E-state index in [0.29, 0.717) is 17.3 Å². The van der Waals surface area contributed by atoms with E-state index < -0.39 is 18.0 Å². The number of esters is 2. The molecular weight excluding hydrogens is 362 g/mol. The molecule has 2 aromatic rings. The lowest BCUT2D eigenvalue weighted by molar-refractivity contribution is -0.155. The molecule has 3 heterocycles. The minimum absolute atomic E-state index is 0.0261. The average molecular weight is 379 g/mol. The highest BCUT2D eigenvalue weighted by atomic mass is 32.2. The van der Waals surface area contributed by atoms with Crippen LogP contribution in [0.15, 0.2) is 39.4 Å². The summed E-state index contributed by atoms with van der Waals surface area (Å²) in [5.74, 6) is -0.0650. The molecule has 0 saturated carbocycles. The molecular formula is C17H17NO7S. The second kappa shape index (κ2) is 7.69. The molecule has 8 nitrogen and oxygen atoms in total. The van der Waals surface area contributed by atoms with Crippen LogP contribution in [-0.4, -0.2) is 41.7 Å². The van der Waals surface area contributed by atoms with Gasteiger partial charge in [0.15, 0.2) is 0 Å². The Kier molecular flexibility index (Phi) is 5.36. The van der Waals surface area contributed by atoms with Crippen molar-refractivity contribution in [2.45, 2.75) is 24.9 Å². The maximum Gasteiger partial charge on any atom is 0.373 e. The van der Waals surface area contributed by atoms with Crippen LogP contribution in [0, 0.1) is 0 Å². The molecule has 2 aromatic heterocycles. The molecule has 1 aliphatic rings. The molecule has 1 aliphatic heterocycles. The van der Waals surface area contributed by atoms with Gasteiger partial charge in [0.1, 0.15) is 29.5 Å². The van der Waals surface area contributed by atoms with Gasteiger partial charge in [0.2, 0.25) is 11.7 Å². The molecule has 2 atom stereocenters. The molecule has 0 aromatic carbocycles. The Morgan fingerprint density at radius 3 is 2.77 bits per heavy atom. The molecule has 1 saturated heterocycles. The fourth-order valence-corrected chi connectivity index (χ4v) is 4.04. The van der Waals surface area contributed by atoms with Crippen molar-refractivity contribution in [1.82, 2.24) is 4.90 Å². The van der Waals surface area contributed by atoms with Gasteiger partial charge in [-0.15, -0.1) is 11.8 Å². The Hall–Kier alpha value is -2.68. The predicted molar refractivity (Wildman–Crippen MR) is 90.1 cm³/mol. The van der Waals surface area contributed by atoms with Crippen molar-refractivity contribution in [3.63, 3.8) is 0 Å². The molecule has 0 N–H and O–H groups in total. The van der Waals surface area contributed by atoms with Gasteiger partial charge < -0.3 is 23.2 Å². The Balaban J connectivity index is 1.64. The third-order valence-corrected chi connectivity index (χ3v) is 5.11. The number of hydrogen-bond donors (Lipinski definition) is 0. The van der Waals surface area contributed by atoms with Crippen LogP contribution in [0.4, 0.5) is 0 Å². The van der Waals surface area contributed by atoms with Gasteiger partial charge in [-0.25, -0.2) is 9.59 Å². The minimum atomic E-state index is -0.720. The fourth-order valence-electron chi connectivity index (χ4n) is 2.63. The Bertz CT molecular complexity index is 798. The highest BCUT2D eigenvalue weighted by molar-refractivity contribution is 7.99. The quantitative estimate of drug-likeness (QED) is 0.730. The second-order valence-corrected chi connectivity index (χ2v) is 6.62. The van der Waals surface area contributed by atoms with Crippen LogP contribution in [0.25, 0.3) is 0 Å². The van der Waals surface area contributed by atoms with Gasteiger partial charge in [0.05, 0.1) is 13.4 Å². The summed E-state index contributed by atoms with van der Waals surface area (Å²) in [7, 11) is 1.24. The standard InChI is InChI=1S/C17H17NO7S/c1-10(19)18-12(9-26-15(18)13-4-3-7-23-13)16(20)24-8-11-5-6-14(25-11)17(21)22-2/h3-7,12,15H,8-9H2,1-2H3/t12-,15+/m1/s1. The number of ether oxygens (including phenoxy) is 2. The van der Waals surface area contributed by atoms with Gasteiger partial charge in [-0.2, -0.15) is 0 Å². The molecule has 138 valence electrons. The van der Waals surface area contributed by atoms with Crippen molar-refractivity contribution in [2.75, 3.05) is 12.9 Å². The van der Waals surface area contributed by atoms with Crippen LogP contribution in [0.5, 0.6) is 0 Å². The van der Waals surface area contributed by atoms with Gasteiger partial charge in [0, 0.05) is 12.7 Å². The molecule has 0 aliphatic carbocycles. The third kappa shape index (κ3) is 3.62. The van der Waals surface area contributed by atoms with E-state index in [1.807, 2.05) is 0 Å². The third-order valence-electron chi connectivity index (χ3n) is 3.83. The van der Waals surface area contributed by atoms with Gasteiger partial charge >= 0.3 is 11.9 Å². The zero-order valence-corrected chi connectivity index (χ0v) is 15.0. The number of nitrogens with zero attached hydrogens (tertiary/aromatic N) is 1. The number of rotatable bonds is 5. The molecule has 1 amide bonds. The number of carbonyl (C=O) groups is 3. The van der Waals surface area contributed by atoms with Crippen molar-refractivity contribution >= 4 is 29.6 Å². The van der Waals surface area contributed by atoms with E-state index in [1.165, 1.54) is 49.1 Å². The van der Waals surface area contributed by atoms with E-state index in [1.54, 1.807) is 12.1 Å². The minimum Gasteiger partial charge on any atom is -0.466 e. The SMILES string of the molecule is COC(=O)c1ccc(COC(=O)[C@H]2CS[C@@H](c3ccco3)N2C(C)=O)o1. The molecule has 0 spiro atoms. The summed E-state index contributed by atoms with van der Waals surface area (Å²) < 4.78 is 20.4. The average Bonchev–Trinajstić information content (AvgIpc) is 3.38. The van der Waals surface area contributed by atoms with Crippen LogP contribution in [0.1, 0.15) is 34.4 Å². The maximum absolute atomic E-state index is 12.5. The van der Waals surface area contributed by atoms with Gasteiger partial charge in [-0.05, 0) is 24.3 Å². The summed E-state index contributed by atoms with van der Waals surface area (Å²) in [6, 6.07) is 5.74. The van der Waals surface area contributed by atoms with E-state index in [0.717, 1.165) is 0 Å². The Labute approximate surface area is 153 Å². The van der Waals surface area contributed by atoms with Crippen LogP contribution in [0.3, 0.4) is 0 Å². The number of carbonyl (C=O) groups excluding carboxylic acids is 3. The van der Waals surface area contributed by atoms with Crippen molar-refractivity contribution in [2.24, 2.45) is 0 Å². The molecule has 26 heavy (non-hydrogen) atoms. The second-order valence-electron chi connectivity index (χ2n) is 5.51. The number of amides is 1. The number of hydrogen-bond acceptors (Lipinski definition) is 8. The highest BCUT2D eigenvalue weighted by Crippen LogP contribution is 2.41. The van der Waals surface area contributed by atoms with Crippen molar-refractivity contribution in [3.8, 4) is 0 Å². The van der Waals surface area contributed by atoms with Crippen molar-refractivity contribution < 1.29 is 32.7 Å². The molecule has 1 fully saturated rings. The van der Waals surface area contributed by atoms with Gasteiger partial charge in [-0.3, -0.25) is 4.79 Å². The van der Waals surface area contributed by atoms with Crippen LogP contribution < -0.4 is 0 Å². The van der Waals surface area contributed by atoms with Crippen LogP contribution in [0.2, 0.25) is 0 Å². The van der Waals surface area contributed by atoms with E-state index in [-0.39, 0.29) is 23.6 Å². The largest absolute Gasteiger partial charge is 0.466 e. The maximum atomic E-state index is 12.5. The molecule has 0 bridgehead atoms. The fraction of sp³-hybridized carbons (Fsp3) is 0.353. The number of methoxy groups -OCH3 is 1. The van der Waals surface area contributed by atoms with Gasteiger partial charge in [0.25, 0.3) is 0 Å². The number of thioether (sulfide) groups is 1. The van der Waals surface area contributed by atoms with Gasteiger partial charge in [-0.1, -0.05) is 0 Å². The first-order valence-electron chi connectivity index (χ1n) is 7.79. The molecule has 3 rings (SSSR count). The lowest BCUT2D eigenvalue weighted by atomic mass is 10.2. The van der Waals surface area contributed by atoms with Crippen LogP contribution >= 0.6 is 11.8 Å². The molecule has 0 radical (unpaired) electrons. The lowest BCUT2D eigenvalue weighted by Gasteiger charge is -2.25. The van der Waals surface area contributed by atoms with Crippen LogP contribution in [-0.2, 0) is 25.7 Å². The monoisotopic (exact) mass is 379 g/mol. The summed E-state index contributed by atoms with van der Waals surface area (Å²) in [5, 5.41) is -0.366. The molecule has 9 heteroatoms. The summed E-state index contributed by atoms with van der Waals surface area (Å²) in [4.78, 5) is 37.3. The number of furan rings is 2. The van der Waals surface area contributed by atoms with E-state index in [9.17, 15) is 14.4 Å². The zero-order chi connectivity index (χ0) is 18.7. The van der Waals surface area contributed by atoms with E-state index in [4.69, 9.17) is 13.6 Å². The first-order valence-corrected chi connectivity index (χ1v) is 8.83. The normalized spacial score (nSPS) is 19.4. The van der Waals surface area contributed by atoms with E-state index >= 15 is 0 Å². The Morgan fingerprint density at radius 2 is 2.12 bits per heavy atom. The topological polar surface area (TPSA) is 99.2 Å².